The number of hydrogen-bond donors (Lipinski definition) is 2. The summed E-state index contributed by atoms with van der Waals surface area (Å²) in [6, 6.07) is 7.29. The molecule has 1 aromatic heterocycles. The van der Waals surface area contributed by atoms with E-state index in [0.717, 1.165) is 18.9 Å². The lowest BCUT2D eigenvalue weighted by Crippen LogP contribution is -2.52. The van der Waals surface area contributed by atoms with E-state index in [1.54, 1.807) is 12.1 Å². The molecule has 0 spiro atoms. The Bertz CT molecular complexity index is 963. The van der Waals surface area contributed by atoms with Crippen LogP contribution in [0.2, 0.25) is 5.02 Å². The third-order valence-electron chi connectivity index (χ3n) is 5.68. The molecule has 3 aliphatic rings. The van der Waals surface area contributed by atoms with Gasteiger partial charge in [-0.1, -0.05) is 11.6 Å². The zero-order chi connectivity index (χ0) is 21.3. The molecule has 5 rings (SSSR count). The highest BCUT2D eigenvalue weighted by molar-refractivity contribution is 6.30. The van der Waals surface area contributed by atoms with E-state index in [4.69, 9.17) is 21.1 Å². The molecule has 3 saturated carbocycles. The number of carbonyl (C=O) groups excluding carboxylic acids is 2. The van der Waals surface area contributed by atoms with Crippen molar-refractivity contribution in [1.29, 1.82) is 0 Å². The third kappa shape index (κ3) is 4.18. The monoisotopic (exact) mass is 433 g/mol. The minimum absolute atomic E-state index is 0.00489. The molecule has 2 amide bonds. The molecule has 7 nitrogen and oxygen atoms in total. The smallest absolute Gasteiger partial charge is 0.270 e. The van der Waals surface area contributed by atoms with Crippen molar-refractivity contribution in [2.75, 3.05) is 13.7 Å². The number of rotatable bonds is 7. The lowest BCUT2D eigenvalue weighted by molar-refractivity contribution is -0.124. The van der Waals surface area contributed by atoms with Crippen LogP contribution in [0, 0.1) is 11.7 Å². The number of aromatic nitrogens is 1. The van der Waals surface area contributed by atoms with Crippen LogP contribution in [0.15, 0.2) is 36.5 Å². The Labute approximate surface area is 177 Å². The summed E-state index contributed by atoms with van der Waals surface area (Å²) in [5.41, 5.74) is 0.00582. The first-order valence-corrected chi connectivity index (χ1v) is 9.95. The summed E-state index contributed by atoms with van der Waals surface area (Å²) in [6.07, 6.45) is 3.77. The van der Waals surface area contributed by atoms with Gasteiger partial charge in [-0.3, -0.25) is 9.59 Å². The number of hydrogen-bond acceptors (Lipinski definition) is 5. The molecule has 2 aromatic rings. The van der Waals surface area contributed by atoms with Crippen molar-refractivity contribution in [2.45, 2.75) is 30.8 Å². The molecular weight excluding hydrogens is 413 g/mol. The summed E-state index contributed by atoms with van der Waals surface area (Å²) in [7, 11) is 1.54. The van der Waals surface area contributed by atoms with Gasteiger partial charge in [0.2, 0.25) is 0 Å². The van der Waals surface area contributed by atoms with Crippen molar-refractivity contribution in [3.8, 4) is 11.5 Å². The summed E-state index contributed by atoms with van der Waals surface area (Å²) in [6.45, 7) is -0.223. The van der Waals surface area contributed by atoms with Crippen LogP contribution >= 0.6 is 11.6 Å². The number of amides is 2. The standard InChI is InChI=1S/C21H21ClFN3O4/c1-29-14-3-5-17(24-10-14)20(28)26-21-7-12(8-21)18(9-21)25-19(27)11-30-13-2-4-15(22)16(23)6-13/h2-6,10,12,18H,7-9,11H2,1H3,(H,25,27)(H,26,28). The SMILES string of the molecule is COc1ccc(C(=O)NC23CC(C2)C(NC(=O)COc2ccc(Cl)c(F)c2)C3)nc1. The van der Waals surface area contributed by atoms with Crippen molar-refractivity contribution in [2.24, 2.45) is 5.92 Å². The molecule has 9 heteroatoms. The summed E-state index contributed by atoms with van der Waals surface area (Å²) >= 11 is 5.63. The van der Waals surface area contributed by atoms with E-state index in [1.165, 1.54) is 25.4 Å². The van der Waals surface area contributed by atoms with Gasteiger partial charge in [0.15, 0.2) is 6.61 Å². The maximum absolute atomic E-state index is 13.4. The van der Waals surface area contributed by atoms with E-state index < -0.39 is 5.82 Å². The van der Waals surface area contributed by atoms with Gasteiger partial charge in [-0.2, -0.15) is 0 Å². The molecule has 1 unspecified atom stereocenters. The molecule has 30 heavy (non-hydrogen) atoms. The molecule has 1 atom stereocenters. The Morgan fingerprint density at radius 3 is 2.67 bits per heavy atom. The molecule has 0 saturated heterocycles. The van der Waals surface area contributed by atoms with Gasteiger partial charge in [0.25, 0.3) is 11.8 Å². The van der Waals surface area contributed by atoms with Crippen LogP contribution in [0.25, 0.3) is 0 Å². The summed E-state index contributed by atoms with van der Waals surface area (Å²) in [5.74, 6) is -0.00206. The van der Waals surface area contributed by atoms with Crippen LogP contribution in [0.4, 0.5) is 4.39 Å². The maximum Gasteiger partial charge on any atom is 0.270 e. The van der Waals surface area contributed by atoms with E-state index >= 15 is 0 Å². The first-order valence-electron chi connectivity index (χ1n) is 9.57. The molecule has 1 aromatic carbocycles. The van der Waals surface area contributed by atoms with Gasteiger partial charge >= 0.3 is 0 Å². The van der Waals surface area contributed by atoms with Gasteiger partial charge in [0.05, 0.1) is 18.3 Å². The van der Waals surface area contributed by atoms with Crippen LogP contribution in [0.5, 0.6) is 11.5 Å². The van der Waals surface area contributed by atoms with Gasteiger partial charge in [-0.05, 0) is 49.4 Å². The van der Waals surface area contributed by atoms with Crippen molar-refractivity contribution >= 4 is 23.4 Å². The minimum atomic E-state index is -0.602. The second kappa shape index (κ2) is 8.10. The molecule has 3 aliphatic carbocycles. The van der Waals surface area contributed by atoms with Crippen molar-refractivity contribution < 1.29 is 23.5 Å². The fraction of sp³-hybridized carbons (Fsp3) is 0.381. The Morgan fingerprint density at radius 1 is 1.23 bits per heavy atom. The topological polar surface area (TPSA) is 89.6 Å². The van der Waals surface area contributed by atoms with Gasteiger partial charge in [-0.15, -0.1) is 0 Å². The van der Waals surface area contributed by atoms with E-state index in [9.17, 15) is 14.0 Å². The lowest BCUT2D eigenvalue weighted by atomic mass is 9.76. The van der Waals surface area contributed by atoms with Gasteiger partial charge in [0.1, 0.15) is 23.0 Å². The predicted molar refractivity (Wildman–Crippen MR) is 107 cm³/mol. The van der Waals surface area contributed by atoms with E-state index in [1.807, 2.05) is 0 Å². The quantitative estimate of drug-likeness (QED) is 0.700. The predicted octanol–water partition coefficient (Wildman–Crippen LogP) is 2.73. The molecular formula is C21H21ClFN3O4. The second-order valence-electron chi connectivity index (χ2n) is 7.73. The van der Waals surface area contributed by atoms with Crippen LogP contribution in [0.1, 0.15) is 29.8 Å². The fourth-order valence-corrected chi connectivity index (χ4v) is 4.33. The van der Waals surface area contributed by atoms with Gasteiger partial charge < -0.3 is 20.1 Å². The summed E-state index contributed by atoms with van der Waals surface area (Å²) < 4.78 is 23.8. The maximum atomic E-state index is 13.4. The number of methoxy groups -OCH3 is 1. The number of nitrogens with zero attached hydrogens (tertiary/aromatic N) is 1. The lowest BCUT2D eigenvalue weighted by Gasteiger charge is -2.39. The highest BCUT2D eigenvalue weighted by atomic mass is 35.5. The van der Waals surface area contributed by atoms with Gasteiger partial charge in [-0.25, -0.2) is 9.37 Å². The Morgan fingerprint density at radius 2 is 2.00 bits per heavy atom. The first kappa shape index (κ1) is 20.4. The number of fused-ring (bicyclic) bond motifs is 1. The zero-order valence-electron chi connectivity index (χ0n) is 16.3. The number of pyridine rings is 1. The van der Waals surface area contributed by atoms with Crippen molar-refractivity contribution in [1.82, 2.24) is 15.6 Å². The molecule has 0 radical (unpaired) electrons. The minimum Gasteiger partial charge on any atom is -0.495 e. The van der Waals surface area contributed by atoms with Crippen molar-refractivity contribution in [3.63, 3.8) is 0 Å². The summed E-state index contributed by atoms with van der Waals surface area (Å²) in [4.78, 5) is 28.9. The number of nitrogens with one attached hydrogen (secondary N) is 2. The highest BCUT2D eigenvalue weighted by Crippen LogP contribution is 2.52. The average molecular weight is 434 g/mol. The van der Waals surface area contributed by atoms with Crippen molar-refractivity contribution in [3.05, 3.63) is 53.1 Å². The number of carbonyl (C=O) groups is 2. The Kier molecular flexibility index (Phi) is 5.51. The molecule has 1 heterocycles. The molecule has 158 valence electrons. The molecule has 2 bridgehead atoms. The highest BCUT2D eigenvalue weighted by Gasteiger charge is 2.57. The van der Waals surface area contributed by atoms with E-state index in [0.29, 0.717) is 23.8 Å². The number of halogens is 2. The summed E-state index contributed by atoms with van der Waals surface area (Å²) in [5, 5.41) is 6.02. The zero-order valence-corrected chi connectivity index (χ0v) is 17.0. The first-order chi connectivity index (χ1) is 14.4. The van der Waals surface area contributed by atoms with Gasteiger partial charge in [0, 0.05) is 17.6 Å². The molecule has 0 aliphatic heterocycles. The van der Waals surface area contributed by atoms with Crippen LogP contribution in [-0.4, -0.2) is 42.1 Å². The second-order valence-corrected chi connectivity index (χ2v) is 8.14. The number of benzene rings is 1. The number of ether oxygens (including phenoxy) is 2. The third-order valence-corrected chi connectivity index (χ3v) is 5.98. The largest absolute Gasteiger partial charge is 0.495 e. The van der Waals surface area contributed by atoms with Crippen LogP contribution in [0.3, 0.4) is 0 Å². The van der Waals surface area contributed by atoms with E-state index in [-0.39, 0.29) is 40.8 Å². The molecule has 3 fully saturated rings. The van der Waals surface area contributed by atoms with Crippen LogP contribution in [-0.2, 0) is 4.79 Å². The van der Waals surface area contributed by atoms with Crippen LogP contribution < -0.4 is 20.1 Å². The molecule has 2 N–H and O–H groups in total. The fourth-order valence-electron chi connectivity index (χ4n) is 4.21. The average Bonchev–Trinajstić information content (AvgIpc) is 3.22. The van der Waals surface area contributed by atoms with E-state index in [2.05, 4.69) is 15.6 Å². The Balaban J connectivity index is 1.27. The Hall–Kier alpha value is -2.87. The normalized spacial score (nSPS) is 24.0.